The van der Waals surface area contributed by atoms with E-state index >= 15 is 0 Å². The van der Waals surface area contributed by atoms with Gasteiger partial charge in [-0.05, 0) is 35.7 Å². The maximum atomic E-state index is 14.3. The summed E-state index contributed by atoms with van der Waals surface area (Å²) in [6, 6.07) is 23.3. The Kier molecular flexibility index (Phi) is 5.88. The van der Waals surface area contributed by atoms with Gasteiger partial charge in [0, 0.05) is 11.8 Å². The lowest BCUT2D eigenvalue weighted by Gasteiger charge is -2.24. The number of nitrogen functional groups attached to an aromatic ring is 1. The molecule has 36 heavy (non-hydrogen) atoms. The van der Waals surface area contributed by atoms with E-state index < -0.39 is 11.9 Å². The van der Waals surface area contributed by atoms with Crippen molar-refractivity contribution in [3.8, 4) is 28.3 Å². The lowest BCUT2D eigenvalue weighted by atomic mass is 9.88. The zero-order valence-corrected chi connectivity index (χ0v) is 19.3. The molecule has 5 rings (SSSR count). The van der Waals surface area contributed by atoms with Crippen LogP contribution in [0.25, 0.3) is 27.8 Å². The fourth-order valence-electron chi connectivity index (χ4n) is 4.47. The number of rotatable bonds is 5. The molecule has 0 unspecified atom stereocenters. The Balaban J connectivity index is 1.88. The second-order valence-corrected chi connectivity index (χ2v) is 8.26. The molecule has 8 heteroatoms. The van der Waals surface area contributed by atoms with E-state index in [0.29, 0.717) is 22.2 Å². The molecule has 3 heterocycles. The Bertz CT molecular complexity index is 1680. The molecule has 0 spiro atoms. The number of pyridine rings is 2. The summed E-state index contributed by atoms with van der Waals surface area (Å²) in [7, 11) is 0. The molecule has 0 aliphatic carbocycles. The highest BCUT2D eigenvalue weighted by Gasteiger charge is 2.25. The van der Waals surface area contributed by atoms with Crippen molar-refractivity contribution in [2.45, 2.75) is 13.0 Å². The summed E-state index contributed by atoms with van der Waals surface area (Å²) in [5.74, 6) is -0.200. The Morgan fingerprint density at radius 3 is 2.25 bits per heavy atom. The van der Waals surface area contributed by atoms with Gasteiger partial charge in [-0.25, -0.2) is 14.4 Å². The summed E-state index contributed by atoms with van der Waals surface area (Å²) >= 11 is 0. The lowest BCUT2D eigenvalue weighted by molar-refractivity contribution is 0.618. The molecule has 0 fully saturated rings. The fourth-order valence-corrected chi connectivity index (χ4v) is 4.47. The number of hydrogen-bond donors (Lipinski definition) is 2. The fraction of sp³-hybridized carbons (Fsp3) is 0.0714. The zero-order chi connectivity index (χ0) is 25.2. The summed E-state index contributed by atoms with van der Waals surface area (Å²) in [5, 5.41) is 12.9. The summed E-state index contributed by atoms with van der Waals surface area (Å²) in [6.07, 6.45) is 2.48. The highest BCUT2D eigenvalue weighted by atomic mass is 19.1. The number of aromatic nitrogens is 3. The van der Waals surface area contributed by atoms with Crippen LogP contribution in [0.5, 0.6) is 0 Å². The SMILES string of the molecule is C[C@H](Nc1ncnc(N)c1C#N)c1c(-c2ccccc2)c(=O)n2cc(F)ccc2c1-c1ccccc1. The number of nitrogens with zero attached hydrogens (tertiary/aromatic N) is 4. The summed E-state index contributed by atoms with van der Waals surface area (Å²) in [5.41, 5.74) is 9.61. The summed E-state index contributed by atoms with van der Waals surface area (Å²) < 4.78 is 15.7. The topological polar surface area (TPSA) is 109 Å². The molecule has 7 nitrogen and oxygen atoms in total. The number of benzene rings is 2. The number of hydrogen-bond acceptors (Lipinski definition) is 6. The van der Waals surface area contributed by atoms with E-state index in [-0.39, 0.29) is 22.8 Å². The third-order valence-electron chi connectivity index (χ3n) is 6.04. The van der Waals surface area contributed by atoms with Gasteiger partial charge in [0.05, 0.1) is 17.1 Å². The first kappa shape index (κ1) is 22.7. The number of halogens is 1. The minimum absolute atomic E-state index is 0.0582. The number of anilines is 2. The van der Waals surface area contributed by atoms with Gasteiger partial charge < -0.3 is 11.1 Å². The van der Waals surface area contributed by atoms with Gasteiger partial charge in [-0.3, -0.25) is 9.20 Å². The minimum atomic E-state index is -0.517. The van der Waals surface area contributed by atoms with Crippen LogP contribution in [0.15, 0.2) is 90.1 Å². The predicted molar refractivity (Wildman–Crippen MR) is 138 cm³/mol. The van der Waals surface area contributed by atoms with Gasteiger partial charge in [-0.1, -0.05) is 60.7 Å². The number of nitrogens with two attached hydrogens (primary N) is 1. The second-order valence-electron chi connectivity index (χ2n) is 8.26. The molecule has 0 aliphatic rings. The number of nitrogens with one attached hydrogen (secondary N) is 1. The van der Waals surface area contributed by atoms with Gasteiger partial charge in [-0.15, -0.1) is 0 Å². The molecule has 2 aromatic carbocycles. The van der Waals surface area contributed by atoms with Crippen LogP contribution in [-0.2, 0) is 0 Å². The van der Waals surface area contributed by atoms with Gasteiger partial charge in [0.1, 0.15) is 35.4 Å². The van der Waals surface area contributed by atoms with E-state index in [4.69, 9.17) is 5.73 Å². The maximum Gasteiger partial charge on any atom is 0.263 e. The second kappa shape index (κ2) is 9.31. The van der Waals surface area contributed by atoms with Gasteiger partial charge in [0.25, 0.3) is 5.56 Å². The van der Waals surface area contributed by atoms with E-state index in [9.17, 15) is 14.4 Å². The summed E-state index contributed by atoms with van der Waals surface area (Å²) in [4.78, 5) is 22.0. The highest BCUT2D eigenvalue weighted by molar-refractivity contribution is 5.89. The van der Waals surface area contributed by atoms with Crippen molar-refractivity contribution in [1.82, 2.24) is 14.4 Å². The van der Waals surface area contributed by atoms with Crippen molar-refractivity contribution in [2.24, 2.45) is 0 Å². The summed E-state index contributed by atoms with van der Waals surface area (Å²) in [6.45, 7) is 1.88. The molecule has 5 aromatic rings. The molecule has 0 saturated heterocycles. The predicted octanol–water partition coefficient (Wildman–Crippen LogP) is 5.19. The molecule has 0 amide bonds. The number of fused-ring (bicyclic) bond motifs is 1. The van der Waals surface area contributed by atoms with Crippen LogP contribution >= 0.6 is 0 Å². The van der Waals surface area contributed by atoms with Crippen LogP contribution in [0, 0.1) is 17.1 Å². The lowest BCUT2D eigenvalue weighted by Crippen LogP contribution is -2.23. The third kappa shape index (κ3) is 3.93. The molecular weight excluding hydrogens is 455 g/mol. The van der Waals surface area contributed by atoms with Crippen LogP contribution in [0.3, 0.4) is 0 Å². The molecule has 0 bridgehead atoms. The average Bonchev–Trinajstić information content (AvgIpc) is 2.90. The Hall–Kier alpha value is -5.03. The number of nitriles is 1. The van der Waals surface area contributed by atoms with Crippen LogP contribution in [0.4, 0.5) is 16.0 Å². The molecule has 0 radical (unpaired) electrons. The molecule has 1 atom stereocenters. The zero-order valence-electron chi connectivity index (χ0n) is 19.3. The highest BCUT2D eigenvalue weighted by Crippen LogP contribution is 2.39. The molecule has 3 N–H and O–H groups in total. The standard InChI is InChI=1S/C28H21FN6O/c1-17(34-27-21(14-30)26(31)32-16-33-27)23-24(18-8-4-2-5-9-18)22-13-12-20(29)15-35(22)28(36)25(23)19-10-6-3-7-11-19/h2-13,15-17H,1H3,(H3,31,32,33,34)/t17-/m0/s1. The first-order valence-corrected chi connectivity index (χ1v) is 11.2. The van der Waals surface area contributed by atoms with Crippen molar-refractivity contribution in [3.05, 3.63) is 113 Å². The first-order chi connectivity index (χ1) is 17.5. The van der Waals surface area contributed by atoms with Crippen molar-refractivity contribution < 1.29 is 4.39 Å². The first-order valence-electron chi connectivity index (χ1n) is 11.2. The quantitative estimate of drug-likeness (QED) is 0.361. The molecule has 0 saturated carbocycles. The van der Waals surface area contributed by atoms with Crippen molar-refractivity contribution in [1.29, 1.82) is 5.26 Å². The van der Waals surface area contributed by atoms with Crippen LogP contribution < -0.4 is 16.6 Å². The van der Waals surface area contributed by atoms with Crippen LogP contribution in [0.2, 0.25) is 0 Å². The van der Waals surface area contributed by atoms with E-state index in [2.05, 4.69) is 15.3 Å². The average molecular weight is 477 g/mol. The van der Waals surface area contributed by atoms with E-state index in [1.165, 1.54) is 23.0 Å². The molecule has 176 valence electrons. The molecule has 0 aliphatic heterocycles. The van der Waals surface area contributed by atoms with E-state index in [1.54, 1.807) is 6.07 Å². The Labute approximate surface area is 206 Å². The normalized spacial score (nSPS) is 11.7. The van der Waals surface area contributed by atoms with Crippen molar-refractivity contribution in [3.63, 3.8) is 0 Å². The van der Waals surface area contributed by atoms with Gasteiger partial charge >= 0.3 is 0 Å². The van der Waals surface area contributed by atoms with Crippen molar-refractivity contribution in [2.75, 3.05) is 11.1 Å². The van der Waals surface area contributed by atoms with Gasteiger partial charge in [-0.2, -0.15) is 5.26 Å². The Morgan fingerprint density at radius 1 is 0.972 bits per heavy atom. The maximum absolute atomic E-state index is 14.3. The smallest absolute Gasteiger partial charge is 0.263 e. The van der Waals surface area contributed by atoms with E-state index in [0.717, 1.165) is 11.1 Å². The Morgan fingerprint density at radius 2 is 1.61 bits per heavy atom. The van der Waals surface area contributed by atoms with E-state index in [1.807, 2.05) is 73.7 Å². The van der Waals surface area contributed by atoms with Crippen LogP contribution in [0.1, 0.15) is 24.1 Å². The monoisotopic (exact) mass is 476 g/mol. The molecular formula is C28H21FN6O. The minimum Gasteiger partial charge on any atom is -0.382 e. The largest absolute Gasteiger partial charge is 0.382 e. The third-order valence-corrected chi connectivity index (χ3v) is 6.04. The van der Waals surface area contributed by atoms with Gasteiger partial charge in [0.2, 0.25) is 0 Å². The van der Waals surface area contributed by atoms with Crippen LogP contribution in [-0.4, -0.2) is 14.4 Å². The van der Waals surface area contributed by atoms with Gasteiger partial charge in [0.15, 0.2) is 0 Å². The van der Waals surface area contributed by atoms with Crippen molar-refractivity contribution >= 4 is 17.2 Å². The molecule has 3 aromatic heterocycles.